The Hall–Kier alpha value is -5.41. The standard InChI is InChI=1S/C46H45N3/c1-4-7-16-33-47-42-22-13-12-21-41(42)35-23-27-39(28-24-35)46(31-14-9-15-32-46)40-29-25-38(26-30-40)45-48-43(36(17-5-2)18-6-3)34-44(49-45)37-19-10-8-11-20-37/h5-8,10-13,16-30,33-34H,2,4,9,14-15,31-32H2,1,3H3/b16-7-,18-6-,36-17+,47-33-. The summed E-state index contributed by atoms with van der Waals surface area (Å²) in [5.41, 5.74) is 10.9. The van der Waals surface area contributed by atoms with Gasteiger partial charge in [-0.2, -0.15) is 0 Å². The number of nitrogens with zero attached hydrogens (tertiary/aromatic N) is 3. The summed E-state index contributed by atoms with van der Waals surface area (Å²) < 4.78 is 0. The molecule has 1 aromatic heterocycles. The number of para-hydroxylation sites is 1. The first-order chi connectivity index (χ1) is 24.1. The maximum absolute atomic E-state index is 5.07. The summed E-state index contributed by atoms with van der Waals surface area (Å²) in [5, 5.41) is 0. The monoisotopic (exact) mass is 639 g/mol. The summed E-state index contributed by atoms with van der Waals surface area (Å²) in [5.74, 6) is 0.718. The minimum Gasteiger partial charge on any atom is -0.256 e. The Morgan fingerprint density at radius 1 is 0.776 bits per heavy atom. The van der Waals surface area contributed by atoms with E-state index in [2.05, 4.69) is 117 Å². The number of hydrogen-bond acceptors (Lipinski definition) is 3. The molecule has 1 heterocycles. The van der Waals surface area contributed by atoms with Gasteiger partial charge in [-0.15, -0.1) is 0 Å². The highest BCUT2D eigenvalue weighted by Gasteiger charge is 2.35. The molecule has 3 nitrogen and oxygen atoms in total. The Labute approximate surface area is 292 Å². The van der Waals surface area contributed by atoms with Gasteiger partial charge in [-0.05, 0) is 66.7 Å². The first-order valence-electron chi connectivity index (χ1n) is 17.6. The Kier molecular flexibility index (Phi) is 11.0. The van der Waals surface area contributed by atoms with Crippen LogP contribution in [0.3, 0.4) is 0 Å². The zero-order chi connectivity index (χ0) is 33.9. The first-order valence-corrected chi connectivity index (χ1v) is 17.6. The predicted molar refractivity (Wildman–Crippen MR) is 209 cm³/mol. The minimum atomic E-state index is -0.0262. The third-order valence-corrected chi connectivity index (χ3v) is 9.46. The molecule has 0 unspecified atom stereocenters. The fraction of sp³-hybridized carbons (Fsp3) is 0.196. The van der Waals surface area contributed by atoms with Crippen molar-refractivity contribution < 1.29 is 0 Å². The van der Waals surface area contributed by atoms with Crippen LogP contribution in [-0.2, 0) is 5.41 Å². The van der Waals surface area contributed by atoms with Crippen LogP contribution >= 0.6 is 0 Å². The van der Waals surface area contributed by atoms with Gasteiger partial charge < -0.3 is 0 Å². The van der Waals surface area contributed by atoms with E-state index >= 15 is 0 Å². The van der Waals surface area contributed by atoms with Crippen molar-refractivity contribution in [3.8, 4) is 33.8 Å². The second kappa shape index (κ2) is 16.1. The average Bonchev–Trinajstić information content (AvgIpc) is 3.17. The molecule has 0 amide bonds. The van der Waals surface area contributed by atoms with E-state index in [1.54, 1.807) is 0 Å². The Morgan fingerprint density at radius 2 is 1.45 bits per heavy atom. The topological polar surface area (TPSA) is 38.1 Å². The third kappa shape index (κ3) is 7.68. The molecule has 1 fully saturated rings. The number of benzene rings is 4. The van der Waals surface area contributed by atoms with Crippen molar-refractivity contribution in [3.63, 3.8) is 0 Å². The van der Waals surface area contributed by atoms with Gasteiger partial charge in [0, 0.05) is 28.3 Å². The molecule has 4 aromatic carbocycles. The smallest absolute Gasteiger partial charge is 0.160 e. The van der Waals surface area contributed by atoms with E-state index in [0.717, 1.165) is 64.4 Å². The minimum absolute atomic E-state index is 0.0262. The summed E-state index contributed by atoms with van der Waals surface area (Å²) >= 11 is 0. The van der Waals surface area contributed by atoms with Gasteiger partial charge in [0.1, 0.15) is 0 Å². The number of aromatic nitrogens is 2. The van der Waals surface area contributed by atoms with Crippen LogP contribution in [0.5, 0.6) is 0 Å². The van der Waals surface area contributed by atoms with E-state index in [0.29, 0.717) is 0 Å². The van der Waals surface area contributed by atoms with E-state index in [1.807, 2.05) is 55.6 Å². The fourth-order valence-electron chi connectivity index (χ4n) is 6.97. The van der Waals surface area contributed by atoms with Gasteiger partial charge >= 0.3 is 0 Å². The van der Waals surface area contributed by atoms with Crippen LogP contribution in [0.25, 0.3) is 39.3 Å². The highest BCUT2D eigenvalue weighted by atomic mass is 14.9. The van der Waals surface area contributed by atoms with Gasteiger partial charge in [0.2, 0.25) is 0 Å². The Balaban J connectivity index is 1.36. The molecule has 3 heteroatoms. The molecule has 49 heavy (non-hydrogen) atoms. The fourth-order valence-corrected chi connectivity index (χ4v) is 6.97. The lowest BCUT2D eigenvalue weighted by Crippen LogP contribution is -2.30. The molecule has 1 saturated carbocycles. The molecule has 0 atom stereocenters. The molecular weight excluding hydrogens is 595 g/mol. The van der Waals surface area contributed by atoms with Crippen LogP contribution in [0.15, 0.2) is 157 Å². The molecule has 0 bridgehead atoms. The highest BCUT2D eigenvalue weighted by Crippen LogP contribution is 2.46. The lowest BCUT2D eigenvalue weighted by atomic mass is 9.65. The molecule has 1 aliphatic rings. The van der Waals surface area contributed by atoms with Gasteiger partial charge in [-0.1, -0.05) is 160 Å². The summed E-state index contributed by atoms with van der Waals surface area (Å²) in [6.45, 7) is 8.08. The van der Waals surface area contributed by atoms with E-state index in [9.17, 15) is 0 Å². The van der Waals surface area contributed by atoms with Crippen molar-refractivity contribution >= 4 is 17.5 Å². The van der Waals surface area contributed by atoms with E-state index < -0.39 is 0 Å². The molecule has 1 aliphatic carbocycles. The zero-order valence-corrected chi connectivity index (χ0v) is 28.7. The second-order valence-electron chi connectivity index (χ2n) is 12.6. The van der Waals surface area contributed by atoms with Crippen molar-refractivity contribution in [3.05, 3.63) is 169 Å². The lowest BCUT2D eigenvalue weighted by molar-refractivity contribution is 0.346. The molecule has 6 rings (SSSR count). The zero-order valence-electron chi connectivity index (χ0n) is 28.7. The first kappa shape index (κ1) is 33.5. The van der Waals surface area contributed by atoms with Crippen molar-refractivity contribution in [1.29, 1.82) is 0 Å². The third-order valence-electron chi connectivity index (χ3n) is 9.46. The van der Waals surface area contributed by atoms with Crippen LogP contribution < -0.4 is 0 Å². The number of aliphatic imine (C=N–C) groups is 1. The molecule has 0 aliphatic heterocycles. The number of hydrogen-bond donors (Lipinski definition) is 0. The maximum atomic E-state index is 5.07. The maximum Gasteiger partial charge on any atom is 0.160 e. The molecule has 0 saturated heterocycles. The summed E-state index contributed by atoms with van der Waals surface area (Å²) in [6.07, 6.45) is 20.9. The van der Waals surface area contributed by atoms with Gasteiger partial charge in [-0.25, -0.2) is 9.97 Å². The molecule has 0 spiro atoms. The summed E-state index contributed by atoms with van der Waals surface area (Å²) in [4.78, 5) is 14.9. The van der Waals surface area contributed by atoms with Crippen molar-refractivity contribution in [1.82, 2.24) is 9.97 Å². The highest BCUT2D eigenvalue weighted by molar-refractivity contribution is 5.82. The van der Waals surface area contributed by atoms with Crippen LogP contribution in [0.2, 0.25) is 0 Å². The van der Waals surface area contributed by atoms with Gasteiger partial charge in [-0.3, -0.25) is 4.99 Å². The van der Waals surface area contributed by atoms with Crippen molar-refractivity contribution in [2.45, 2.75) is 57.8 Å². The summed E-state index contributed by atoms with van der Waals surface area (Å²) in [6, 6.07) is 39.1. The van der Waals surface area contributed by atoms with E-state index in [-0.39, 0.29) is 5.41 Å². The average molecular weight is 640 g/mol. The molecule has 244 valence electrons. The predicted octanol–water partition coefficient (Wildman–Crippen LogP) is 12.5. The number of allylic oxidation sites excluding steroid dienone is 7. The SMILES string of the molecule is C=C/C=C(\C=C/C)c1cc(-c2ccccc2)nc(-c2ccc(C3(c4ccc(-c5ccccc5/N=C\C=C/CC)cc4)CCCCC3)cc2)n1. The van der Waals surface area contributed by atoms with Crippen LogP contribution in [0, 0.1) is 0 Å². The molecule has 5 aromatic rings. The Morgan fingerprint density at radius 3 is 2.12 bits per heavy atom. The van der Waals surface area contributed by atoms with Gasteiger partial charge in [0.05, 0.1) is 17.1 Å². The summed E-state index contributed by atoms with van der Waals surface area (Å²) in [7, 11) is 0. The van der Waals surface area contributed by atoms with Gasteiger partial charge in [0.15, 0.2) is 5.82 Å². The van der Waals surface area contributed by atoms with Crippen LogP contribution in [-0.4, -0.2) is 16.2 Å². The van der Waals surface area contributed by atoms with E-state index in [1.165, 1.54) is 36.0 Å². The van der Waals surface area contributed by atoms with Crippen molar-refractivity contribution in [2.24, 2.45) is 4.99 Å². The van der Waals surface area contributed by atoms with Crippen LogP contribution in [0.1, 0.15) is 69.2 Å². The van der Waals surface area contributed by atoms with Gasteiger partial charge in [0.25, 0.3) is 0 Å². The normalized spacial score (nSPS) is 14.9. The largest absolute Gasteiger partial charge is 0.256 e. The quantitative estimate of drug-likeness (QED) is 0.107. The molecule has 0 N–H and O–H groups in total. The molecule has 0 radical (unpaired) electrons. The Bertz CT molecular complexity index is 1970. The van der Waals surface area contributed by atoms with E-state index in [4.69, 9.17) is 15.0 Å². The molecular formula is C46H45N3. The second-order valence-corrected chi connectivity index (χ2v) is 12.6. The van der Waals surface area contributed by atoms with Crippen LogP contribution in [0.4, 0.5) is 5.69 Å². The lowest BCUT2D eigenvalue weighted by Gasteiger charge is -2.39. The van der Waals surface area contributed by atoms with Crippen molar-refractivity contribution in [2.75, 3.05) is 0 Å². The number of rotatable bonds is 11.